The summed E-state index contributed by atoms with van der Waals surface area (Å²) < 4.78 is 0. The van der Waals surface area contributed by atoms with Gasteiger partial charge in [-0.25, -0.2) is 0 Å². The van der Waals surface area contributed by atoms with Crippen LogP contribution in [-0.2, 0) is 5.41 Å². The van der Waals surface area contributed by atoms with Crippen LogP contribution in [0.3, 0.4) is 0 Å². The Bertz CT molecular complexity index is 852. The van der Waals surface area contributed by atoms with E-state index in [0.29, 0.717) is 13.0 Å². The van der Waals surface area contributed by atoms with E-state index >= 15 is 0 Å². The molecular formula is C21H23Cl2N3. The average Bonchev–Trinajstić information content (AvgIpc) is 2.63. The number of anilines is 2. The van der Waals surface area contributed by atoms with Crippen LogP contribution in [0.5, 0.6) is 0 Å². The minimum absolute atomic E-state index is 0.0224. The van der Waals surface area contributed by atoms with Crippen LogP contribution >= 0.6 is 23.2 Å². The Labute approximate surface area is 164 Å². The number of nitrogens with zero attached hydrogens (tertiary/aromatic N) is 1. The molecule has 1 saturated carbocycles. The Balaban J connectivity index is 1.96. The second-order valence-electron chi connectivity index (χ2n) is 7.37. The second-order valence-corrected chi connectivity index (χ2v) is 8.21. The van der Waals surface area contributed by atoms with Crippen molar-refractivity contribution in [3.05, 3.63) is 57.6 Å². The van der Waals surface area contributed by atoms with Crippen molar-refractivity contribution in [2.45, 2.75) is 43.9 Å². The van der Waals surface area contributed by atoms with Crippen molar-refractivity contribution in [2.75, 3.05) is 11.4 Å². The van der Waals surface area contributed by atoms with Gasteiger partial charge in [-0.2, -0.15) is 0 Å². The molecule has 136 valence electrons. The van der Waals surface area contributed by atoms with Crippen molar-refractivity contribution in [1.29, 1.82) is 5.41 Å². The second kappa shape index (κ2) is 6.79. The van der Waals surface area contributed by atoms with Gasteiger partial charge in [-0.05, 0) is 48.2 Å². The van der Waals surface area contributed by atoms with E-state index in [1.807, 2.05) is 12.1 Å². The van der Waals surface area contributed by atoms with Gasteiger partial charge < -0.3 is 10.6 Å². The minimum Gasteiger partial charge on any atom is -0.388 e. The number of nitrogens with two attached hydrogens (primary N) is 1. The van der Waals surface area contributed by atoms with Gasteiger partial charge in [0.2, 0.25) is 0 Å². The maximum Gasteiger partial charge on any atom is 0.0923 e. The number of para-hydroxylation sites is 1. The number of benzene rings is 2. The smallest absolute Gasteiger partial charge is 0.0923 e. The SMILES string of the molecule is N=C(N)CCN1c2ccc(Cl)cc2C2(CCCCC2)c2cccc(Cl)c21. The van der Waals surface area contributed by atoms with Crippen LogP contribution in [-0.4, -0.2) is 12.4 Å². The van der Waals surface area contributed by atoms with Gasteiger partial charge >= 0.3 is 0 Å². The van der Waals surface area contributed by atoms with Crippen molar-refractivity contribution >= 4 is 40.4 Å². The number of nitrogens with one attached hydrogen (secondary N) is 1. The van der Waals surface area contributed by atoms with Gasteiger partial charge in [-0.3, -0.25) is 5.41 Å². The highest BCUT2D eigenvalue weighted by molar-refractivity contribution is 6.34. The first-order chi connectivity index (χ1) is 12.5. The topological polar surface area (TPSA) is 53.1 Å². The van der Waals surface area contributed by atoms with E-state index in [1.54, 1.807) is 0 Å². The molecule has 1 spiro atoms. The van der Waals surface area contributed by atoms with Crippen molar-refractivity contribution in [2.24, 2.45) is 5.73 Å². The molecular weight excluding hydrogens is 365 g/mol. The van der Waals surface area contributed by atoms with Crippen molar-refractivity contribution < 1.29 is 0 Å². The molecule has 0 aromatic heterocycles. The van der Waals surface area contributed by atoms with Crippen LogP contribution in [0.2, 0.25) is 10.0 Å². The summed E-state index contributed by atoms with van der Waals surface area (Å²) >= 11 is 13.1. The fourth-order valence-electron chi connectivity index (χ4n) is 4.73. The summed E-state index contributed by atoms with van der Waals surface area (Å²) in [4.78, 5) is 2.23. The molecule has 4 rings (SSSR count). The fourth-order valence-corrected chi connectivity index (χ4v) is 5.18. The summed E-state index contributed by atoms with van der Waals surface area (Å²) in [5, 5.41) is 9.18. The van der Waals surface area contributed by atoms with Crippen molar-refractivity contribution in [3.8, 4) is 0 Å². The third kappa shape index (κ3) is 2.78. The average molecular weight is 388 g/mol. The van der Waals surface area contributed by atoms with Gasteiger partial charge in [0, 0.05) is 29.1 Å². The maximum atomic E-state index is 7.65. The highest BCUT2D eigenvalue weighted by Crippen LogP contribution is 2.57. The zero-order valence-electron chi connectivity index (χ0n) is 14.7. The Hall–Kier alpha value is -1.71. The standard InChI is InChI=1S/C21H23Cl2N3/c22-14-7-8-18-16(13-14)21(10-2-1-3-11-21)15-5-4-6-17(23)20(15)26(18)12-9-19(24)25/h4-8,13H,1-3,9-12H2,(H3,24,25). The first-order valence-corrected chi connectivity index (χ1v) is 9.98. The van der Waals surface area contributed by atoms with Crippen LogP contribution in [0, 0.1) is 5.41 Å². The van der Waals surface area contributed by atoms with Crippen molar-refractivity contribution in [1.82, 2.24) is 0 Å². The van der Waals surface area contributed by atoms with E-state index in [1.165, 1.54) is 30.4 Å². The first kappa shape index (κ1) is 17.7. The Morgan fingerprint density at radius 3 is 2.58 bits per heavy atom. The molecule has 2 aromatic rings. The summed E-state index contributed by atoms with van der Waals surface area (Å²) in [6, 6.07) is 12.4. The summed E-state index contributed by atoms with van der Waals surface area (Å²) in [5.41, 5.74) is 10.4. The molecule has 0 unspecified atom stereocenters. The monoisotopic (exact) mass is 387 g/mol. The van der Waals surface area contributed by atoms with Crippen molar-refractivity contribution in [3.63, 3.8) is 0 Å². The van der Waals surface area contributed by atoms with Gasteiger partial charge in [0.1, 0.15) is 0 Å². The molecule has 0 radical (unpaired) electrons. The molecule has 1 heterocycles. The molecule has 5 heteroatoms. The van der Waals surface area contributed by atoms with Crippen LogP contribution in [0.15, 0.2) is 36.4 Å². The Morgan fingerprint density at radius 1 is 1.08 bits per heavy atom. The van der Waals surface area contributed by atoms with E-state index in [9.17, 15) is 0 Å². The predicted octanol–water partition coefficient (Wildman–Crippen LogP) is 6.02. The van der Waals surface area contributed by atoms with Gasteiger partial charge in [-0.1, -0.05) is 54.6 Å². The summed E-state index contributed by atoms with van der Waals surface area (Å²) in [6.07, 6.45) is 6.44. The number of halogens is 2. The van der Waals surface area contributed by atoms with E-state index in [-0.39, 0.29) is 11.3 Å². The molecule has 0 atom stereocenters. The van der Waals surface area contributed by atoms with E-state index in [2.05, 4.69) is 29.2 Å². The highest BCUT2D eigenvalue weighted by atomic mass is 35.5. The zero-order valence-corrected chi connectivity index (χ0v) is 16.2. The van der Waals surface area contributed by atoms with Crippen LogP contribution in [0.25, 0.3) is 0 Å². The molecule has 1 aliphatic heterocycles. The number of hydrogen-bond donors (Lipinski definition) is 2. The van der Waals surface area contributed by atoms with Gasteiger partial charge in [0.25, 0.3) is 0 Å². The predicted molar refractivity (Wildman–Crippen MR) is 110 cm³/mol. The molecule has 0 bridgehead atoms. The first-order valence-electron chi connectivity index (χ1n) is 9.22. The number of rotatable bonds is 3. The third-order valence-electron chi connectivity index (χ3n) is 5.85. The minimum atomic E-state index is -0.0224. The number of hydrogen-bond acceptors (Lipinski definition) is 2. The quantitative estimate of drug-likeness (QED) is 0.499. The van der Waals surface area contributed by atoms with E-state index < -0.39 is 0 Å². The maximum absolute atomic E-state index is 7.65. The molecule has 0 saturated heterocycles. The van der Waals surface area contributed by atoms with Gasteiger partial charge in [-0.15, -0.1) is 0 Å². The molecule has 2 aliphatic rings. The fraction of sp³-hybridized carbons (Fsp3) is 0.381. The van der Waals surface area contributed by atoms with Gasteiger partial charge in [0.05, 0.1) is 16.5 Å². The lowest BCUT2D eigenvalue weighted by Crippen LogP contribution is -2.39. The molecule has 1 fully saturated rings. The van der Waals surface area contributed by atoms with Crippen LogP contribution in [0.4, 0.5) is 11.4 Å². The molecule has 1 aliphatic carbocycles. The molecule has 26 heavy (non-hydrogen) atoms. The summed E-state index contributed by atoms with van der Waals surface area (Å²) in [5.74, 6) is 0.187. The summed E-state index contributed by atoms with van der Waals surface area (Å²) in [6.45, 7) is 0.636. The van der Waals surface area contributed by atoms with E-state index in [4.69, 9.17) is 34.3 Å². The summed E-state index contributed by atoms with van der Waals surface area (Å²) in [7, 11) is 0. The highest BCUT2D eigenvalue weighted by Gasteiger charge is 2.44. The molecule has 3 nitrogen and oxygen atoms in total. The van der Waals surface area contributed by atoms with E-state index in [0.717, 1.165) is 34.3 Å². The number of amidine groups is 1. The Kier molecular flexibility index (Phi) is 4.62. The normalized spacial score (nSPS) is 17.7. The largest absolute Gasteiger partial charge is 0.388 e. The number of fused-ring (bicyclic) bond motifs is 4. The van der Waals surface area contributed by atoms with Crippen LogP contribution in [0.1, 0.15) is 49.7 Å². The zero-order chi connectivity index (χ0) is 18.3. The molecule has 3 N–H and O–H groups in total. The third-order valence-corrected chi connectivity index (χ3v) is 6.39. The lowest BCUT2D eigenvalue weighted by atomic mass is 9.63. The molecule has 0 amide bonds. The lowest BCUT2D eigenvalue weighted by Gasteiger charge is -2.48. The Morgan fingerprint density at radius 2 is 1.85 bits per heavy atom. The van der Waals surface area contributed by atoms with Crippen LogP contribution < -0.4 is 10.6 Å². The van der Waals surface area contributed by atoms with Gasteiger partial charge in [0.15, 0.2) is 0 Å². The molecule has 2 aromatic carbocycles. The lowest BCUT2D eigenvalue weighted by molar-refractivity contribution is 0.343.